The van der Waals surface area contributed by atoms with Gasteiger partial charge in [0.25, 0.3) is 0 Å². The molecule has 0 fully saturated rings. The van der Waals surface area contributed by atoms with Crippen molar-refractivity contribution in [2.75, 3.05) is 0 Å². The van der Waals surface area contributed by atoms with Crippen LogP contribution in [-0.2, 0) is 0 Å². The summed E-state index contributed by atoms with van der Waals surface area (Å²) in [5.41, 5.74) is 2.82. The van der Waals surface area contributed by atoms with E-state index in [0.717, 1.165) is 11.4 Å². The van der Waals surface area contributed by atoms with Crippen LogP contribution in [0.5, 0.6) is 0 Å². The van der Waals surface area contributed by atoms with E-state index in [1.54, 1.807) is 0 Å². The first kappa shape index (κ1) is 8.31. The Hall–Kier alpha value is -1.29. The Labute approximate surface area is 80.0 Å². The van der Waals surface area contributed by atoms with Crippen molar-refractivity contribution in [2.24, 2.45) is 0 Å². The van der Waals surface area contributed by atoms with Gasteiger partial charge in [-0.15, -0.1) is 5.10 Å². The summed E-state index contributed by atoms with van der Waals surface area (Å²) in [6.07, 6.45) is 1.47. The predicted molar refractivity (Wildman–Crippen MR) is 49.6 cm³/mol. The maximum absolute atomic E-state index is 5.88. The Morgan fingerprint density at radius 1 is 1.15 bits per heavy atom. The van der Waals surface area contributed by atoms with E-state index in [1.165, 1.54) is 6.20 Å². The fraction of sp³-hybridized carbons (Fsp3) is 0.250. The average molecular weight is 195 g/mol. The normalized spacial score (nSPS) is 10.7. The van der Waals surface area contributed by atoms with Crippen LogP contribution in [-0.4, -0.2) is 20.2 Å². The number of hydrogen-bond donors (Lipinski definition) is 0. The SMILES string of the molecule is Cc1nc2nncc(Cl)c2nc1C. The van der Waals surface area contributed by atoms with Crippen molar-refractivity contribution in [3.63, 3.8) is 0 Å². The van der Waals surface area contributed by atoms with Gasteiger partial charge in [0.2, 0.25) is 5.65 Å². The lowest BCUT2D eigenvalue weighted by Gasteiger charge is -2.00. The highest BCUT2D eigenvalue weighted by Crippen LogP contribution is 2.17. The predicted octanol–water partition coefficient (Wildman–Crippen LogP) is 1.69. The van der Waals surface area contributed by atoms with E-state index in [-0.39, 0.29) is 0 Å². The second kappa shape index (κ2) is 2.88. The van der Waals surface area contributed by atoms with Crippen molar-refractivity contribution in [1.82, 2.24) is 20.2 Å². The molecule has 0 aliphatic carbocycles. The molecule has 66 valence electrons. The van der Waals surface area contributed by atoms with Crippen LogP contribution >= 0.6 is 11.6 Å². The van der Waals surface area contributed by atoms with Gasteiger partial charge < -0.3 is 0 Å². The maximum atomic E-state index is 5.88. The number of halogens is 1. The summed E-state index contributed by atoms with van der Waals surface area (Å²) < 4.78 is 0. The highest BCUT2D eigenvalue weighted by atomic mass is 35.5. The molecule has 0 saturated heterocycles. The lowest BCUT2D eigenvalue weighted by atomic mass is 10.3. The molecule has 2 rings (SSSR count). The lowest BCUT2D eigenvalue weighted by molar-refractivity contribution is 1.01. The number of nitrogens with zero attached hydrogens (tertiary/aromatic N) is 4. The van der Waals surface area contributed by atoms with Gasteiger partial charge in [-0.2, -0.15) is 5.10 Å². The Bertz CT molecular complexity index is 469. The zero-order valence-corrected chi connectivity index (χ0v) is 8.00. The third-order valence-electron chi connectivity index (χ3n) is 1.84. The smallest absolute Gasteiger partial charge is 0.202 e. The average Bonchev–Trinajstić information content (AvgIpc) is 2.09. The number of aromatic nitrogens is 4. The number of hydrogen-bond acceptors (Lipinski definition) is 4. The molecule has 13 heavy (non-hydrogen) atoms. The molecule has 0 saturated carbocycles. The highest BCUT2D eigenvalue weighted by Gasteiger charge is 2.05. The van der Waals surface area contributed by atoms with Crippen LogP contribution in [0.25, 0.3) is 11.2 Å². The van der Waals surface area contributed by atoms with Crippen molar-refractivity contribution < 1.29 is 0 Å². The van der Waals surface area contributed by atoms with Crippen LogP contribution in [0.15, 0.2) is 6.20 Å². The molecule has 2 aromatic heterocycles. The van der Waals surface area contributed by atoms with Gasteiger partial charge in [-0.1, -0.05) is 11.6 Å². The van der Waals surface area contributed by atoms with Crippen LogP contribution < -0.4 is 0 Å². The Kier molecular flexibility index (Phi) is 1.84. The van der Waals surface area contributed by atoms with Crippen molar-refractivity contribution in [1.29, 1.82) is 0 Å². The summed E-state index contributed by atoms with van der Waals surface area (Å²) in [5.74, 6) is 0. The summed E-state index contributed by atoms with van der Waals surface area (Å²) in [7, 11) is 0. The Balaban J connectivity index is 2.89. The largest absolute Gasteiger partial charge is 0.246 e. The molecule has 5 heteroatoms. The first-order valence-corrected chi connectivity index (χ1v) is 4.18. The zero-order valence-electron chi connectivity index (χ0n) is 7.24. The fourth-order valence-corrected chi connectivity index (χ4v) is 1.19. The van der Waals surface area contributed by atoms with Gasteiger partial charge >= 0.3 is 0 Å². The molecule has 0 aliphatic rings. The monoisotopic (exact) mass is 194 g/mol. The quantitative estimate of drug-likeness (QED) is 0.641. The van der Waals surface area contributed by atoms with Crippen molar-refractivity contribution in [3.8, 4) is 0 Å². The van der Waals surface area contributed by atoms with Crippen molar-refractivity contribution >= 4 is 22.8 Å². The highest BCUT2D eigenvalue weighted by molar-refractivity contribution is 6.34. The molecule has 0 unspecified atom stereocenters. The minimum Gasteiger partial charge on any atom is -0.246 e. The van der Waals surface area contributed by atoms with Gasteiger partial charge in [-0.3, -0.25) is 0 Å². The van der Waals surface area contributed by atoms with Crippen LogP contribution in [0.3, 0.4) is 0 Å². The standard InChI is InChI=1S/C8H7ClN4/c1-4-5(2)12-8-7(11-4)6(9)3-10-13-8/h3H,1-2H3. The Morgan fingerprint density at radius 3 is 2.62 bits per heavy atom. The fourth-order valence-electron chi connectivity index (χ4n) is 1.02. The van der Waals surface area contributed by atoms with Gasteiger partial charge in [-0.25, -0.2) is 9.97 Å². The molecule has 2 aromatic rings. The number of fused-ring (bicyclic) bond motifs is 1. The summed E-state index contributed by atoms with van der Waals surface area (Å²) >= 11 is 5.88. The van der Waals surface area contributed by atoms with E-state index in [0.29, 0.717) is 16.2 Å². The molecule has 0 N–H and O–H groups in total. The van der Waals surface area contributed by atoms with E-state index in [9.17, 15) is 0 Å². The molecule has 0 amide bonds. The van der Waals surface area contributed by atoms with E-state index in [2.05, 4.69) is 20.2 Å². The summed E-state index contributed by atoms with van der Waals surface area (Å²) in [4.78, 5) is 8.49. The molecule has 0 aromatic carbocycles. The van der Waals surface area contributed by atoms with Gasteiger partial charge in [0, 0.05) is 0 Å². The molecular formula is C8H7ClN4. The topological polar surface area (TPSA) is 51.6 Å². The molecule has 0 atom stereocenters. The zero-order chi connectivity index (χ0) is 9.42. The first-order valence-electron chi connectivity index (χ1n) is 3.80. The van der Waals surface area contributed by atoms with Crippen molar-refractivity contribution in [3.05, 3.63) is 22.6 Å². The molecular weight excluding hydrogens is 188 g/mol. The molecule has 0 spiro atoms. The molecule has 2 heterocycles. The summed E-state index contributed by atoms with van der Waals surface area (Å²) in [5, 5.41) is 8.02. The second-order valence-corrected chi connectivity index (χ2v) is 3.17. The minimum atomic E-state index is 0.487. The number of rotatable bonds is 0. The van der Waals surface area contributed by atoms with Crippen LogP contribution in [0, 0.1) is 13.8 Å². The number of aryl methyl sites for hydroxylation is 2. The van der Waals surface area contributed by atoms with Crippen molar-refractivity contribution in [2.45, 2.75) is 13.8 Å². The van der Waals surface area contributed by atoms with Crippen LogP contribution in [0.4, 0.5) is 0 Å². The molecule has 0 bridgehead atoms. The van der Waals surface area contributed by atoms with E-state index in [1.807, 2.05) is 13.8 Å². The van der Waals surface area contributed by atoms with Gasteiger partial charge in [0.1, 0.15) is 5.52 Å². The van der Waals surface area contributed by atoms with Gasteiger partial charge in [0.15, 0.2) is 0 Å². The Morgan fingerprint density at radius 2 is 1.85 bits per heavy atom. The molecule has 0 radical (unpaired) electrons. The third kappa shape index (κ3) is 1.33. The summed E-state index contributed by atoms with van der Waals surface area (Å²) in [6, 6.07) is 0. The molecule has 4 nitrogen and oxygen atoms in total. The van der Waals surface area contributed by atoms with Crippen LogP contribution in [0.2, 0.25) is 5.02 Å². The van der Waals surface area contributed by atoms with E-state index in [4.69, 9.17) is 11.6 Å². The molecule has 0 aliphatic heterocycles. The van der Waals surface area contributed by atoms with Gasteiger partial charge in [-0.05, 0) is 13.8 Å². The third-order valence-corrected chi connectivity index (χ3v) is 2.11. The maximum Gasteiger partial charge on any atom is 0.202 e. The van der Waals surface area contributed by atoms with Crippen LogP contribution in [0.1, 0.15) is 11.4 Å². The first-order chi connectivity index (χ1) is 6.18. The second-order valence-electron chi connectivity index (χ2n) is 2.76. The van der Waals surface area contributed by atoms with E-state index < -0.39 is 0 Å². The summed E-state index contributed by atoms with van der Waals surface area (Å²) in [6.45, 7) is 3.77. The van der Waals surface area contributed by atoms with Gasteiger partial charge in [0.05, 0.1) is 22.6 Å². The lowest BCUT2D eigenvalue weighted by Crippen LogP contribution is -1.96. The minimum absolute atomic E-state index is 0.487. The van der Waals surface area contributed by atoms with E-state index >= 15 is 0 Å².